The Labute approximate surface area is 111 Å². The number of hydrogen-bond acceptors (Lipinski definition) is 3. The van der Waals surface area contributed by atoms with Gasteiger partial charge >= 0.3 is 0 Å². The smallest absolute Gasteiger partial charge is 0.207 e. The van der Waals surface area contributed by atoms with Gasteiger partial charge in [-0.2, -0.15) is 4.31 Å². The van der Waals surface area contributed by atoms with Gasteiger partial charge < -0.3 is 0 Å². The molecule has 0 saturated heterocycles. The summed E-state index contributed by atoms with van der Waals surface area (Å²) >= 11 is 7.23. The lowest BCUT2D eigenvalue weighted by molar-refractivity contribution is 0.249. The number of alkyl halides is 1. The second kappa shape index (κ2) is 4.88. The lowest BCUT2D eigenvalue weighted by Gasteiger charge is -2.34. The molecule has 1 saturated carbocycles. The molecule has 0 radical (unpaired) electrons. The first-order valence-electron chi connectivity index (χ1n) is 5.59. The van der Waals surface area contributed by atoms with Crippen molar-refractivity contribution < 1.29 is 8.42 Å². The van der Waals surface area contributed by atoms with Crippen LogP contribution >= 0.6 is 22.9 Å². The van der Waals surface area contributed by atoms with Crippen LogP contribution in [0.3, 0.4) is 0 Å². The molecule has 96 valence electrons. The third-order valence-corrected chi connectivity index (χ3v) is 7.14. The average molecular weight is 294 g/mol. The third-order valence-electron chi connectivity index (χ3n) is 3.34. The van der Waals surface area contributed by atoms with Crippen LogP contribution in [0.25, 0.3) is 0 Å². The van der Waals surface area contributed by atoms with Gasteiger partial charge in [-0.15, -0.1) is 22.9 Å². The highest BCUT2D eigenvalue weighted by Gasteiger charge is 2.34. The fraction of sp³-hybridized carbons (Fsp3) is 0.636. The summed E-state index contributed by atoms with van der Waals surface area (Å²) in [5.41, 5.74) is 0.803. The van der Waals surface area contributed by atoms with Gasteiger partial charge in [0.2, 0.25) is 10.0 Å². The standard InChI is InChI=1S/C11H16ClNO2S2/c1-8-7-16-10(6-12)11(8)17(14,15)13(2)9-4-3-5-9/h7,9H,3-6H2,1-2H3. The van der Waals surface area contributed by atoms with Crippen molar-refractivity contribution in [2.45, 2.75) is 43.0 Å². The van der Waals surface area contributed by atoms with Crippen LogP contribution in [0.15, 0.2) is 10.3 Å². The Kier molecular flexibility index (Phi) is 3.83. The van der Waals surface area contributed by atoms with Crippen LogP contribution in [0, 0.1) is 6.92 Å². The topological polar surface area (TPSA) is 37.4 Å². The van der Waals surface area contributed by atoms with E-state index in [9.17, 15) is 8.42 Å². The number of nitrogens with zero attached hydrogens (tertiary/aromatic N) is 1. The first kappa shape index (κ1) is 13.3. The second-order valence-corrected chi connectivity index (χ2v) is 7.58. The van der Waals surface area contributed by atoms with Crippen molar-refractivity contribution in [2.75, 3.05) is 7.05 Å². The van der Waals surface area contributed by atoms with Gasteiger partial charge in [-0.3, -0.25) is 0 Å². The monoisotopic (exact) mass is 293 g/mol. The van der Waals surface area contributed by atoms with E-state index in [0.29, 0.717) is 4.90 Å². The van der Waals surface area contributed by atoms with Crippen molar-refractivity contribution in [1.29, 1.82) is 0 Å². The summed E-state index contributed by atoms with van der Waals surface area (Å²) in [6.07, 6.45) is 3.06. The molecule has 0 aromatic carbocycles. The Bertz CT molecular complexity index is 506. The average Bonchev–Trinajstić information content (AvgIpc) is 2.57. The molecule has 1 aromatic rings. The number of sulfonamides is 1. The van der Waals surface area contributed by atoms with E-state index in [1.54, 1.807) is 7.05 Å². The summed E-state index contributed by atoms with van der Waals surface area (Å²) in [6, 6.07) is 0.169. The van der Waals surface area contributed by atoms with Gasteiger partial charge in [0, 0.05) is 18.0 Å². The number of aryl methyl sites for hydroxylation is 1. The second-order valence-electron chi connectivity index (χ2n) is 4.41. The van der Waals surface area contributed by atoms with Gasteiger partial charge in [-0.05, 0) is 30.7 Å². The van der Waals surface area contributed by atoms with E-state index in [-0.39, 0.29) is 11.9 Å². The van der Waals surface area contributed by atoms with Crippen LogP contribution in [-0.2, 0) is 15.9 Å². The van der Waals surface area contributed by atoms with Gasteiger partial charge in [-0.1, -0.05) is 6.42 Å². The summed E-state index contributed by atoms with van der Waals surface area (Å²) in [6.45, 7) is 1.83. The van der Waals surface area contributed by atoms with Crippen molar-refractivity contribution in [3.05, 3.63) is 15.8 Å². The Morgan fingerprint density at radius 3 is 2.65 bits per heavy atom. The molecule has 6 heteroatoms. The zero-order valence-electron chi connectivity index (χ0n) is 9.94. The Morgan fingerprint density at radius 2 is 2.18 bits per heavy atom. The van der Waals surface area contributed by atoms with Crippen LogP contribution in [0.1, 0.15) is 29.7 Å². The van der Waals surface area contributed by atoms with E-state index in [2.05, 4.69) is 0 Å². The minimum absolute atomic E-state index is 0.169. The minimum Gasteiger partial charge on any atom is -0.207 e. The minimum atomic E-state index is -3.37. The van der Waals surface area contributed by atoms with E-state index < -0.39 is 10.0 Å². The molecular weight excluding hydrogens is 278 g/mol. The summed E-state index contributed by atoms with van der Waals surface area (Å²) in [5, 5.41) is 1.86. The molecule has 1 aliphatic rings. The van der Waals surface area contributed by atoms with Gasteiger partial charge in [-0.25, -0.2) is 8.42 Å². The molecule has 1 fully saturated rings. The number of halogens is 1. The SMILES string of the molecule is Cc1csc(CCl)c1S(=O)(=O)N(C)C1CCC1. The van der Waals surface area contributed by atoms with Crippen LogP contribution < -0.4 is 0 Å². The third kappa shape index (κ3) is 2.26. The van der Waals surface area contributed by atoms with Crippen molar-refractivity contribution in [3.8, 4) is 0 Å². The molecule has 0 bridgehead atoms. The van der Waals surface area contributed by atoms with Gasteiger partial charge in [0.25, 0.3) is 0 Å². The van der Waals surface area contributed by atoms with Crippen molar-refractivity contribution in [3.63, 3.8) is 0 Å². The summed E-state index contributed by atoms with van der Waals surface area (Å²) in [4.78, 5) is 1.17. The van der Waals surface area contributed by atoms with Crippen molar-refractivity contribution in [2.24, 2.45) is 0 Å². The predicted octanol–water partition coefficient (Wildman–Crippen LogP) is 2.97. The Morgan fingerprint density at radius 1 is 1.53 bits per heavy atom. The molecule has 1 aromatic heterocycles. The maximum Gasteiger partial charge on any atom is 0.244 e. The molecule has 17 heavy (non-hydrogen) atoms. The van der Waals surface area contributed by atoms with E-state index in [1.807, 2.05) is 12.3 Å². The van der Waals surface area contributed by atoms with Crippen molar-refractivity contribution >= 4 is 33.0 Å². The highest BCUT2D eigenvalue weighted by molar-refractivity contribution is 7.89. The quantitative estimate of drug-likeness (QED) is 0.801. The molecule has 0 aliphatic heterocycles. The summed E-state index contributed by atoms with van der Waals surface area (Å²) < 4.78 is 26.5. The Balaban J connectivity index is 2.39. The molecule has 3 nitrogen and oxygen atoms in total. The van der Waals surface area contributed by atoms with E-state index in [1.165, 1.54) is 15.6 Å². The zero-order chi connectivity index (χ0) is 12.6. The van der Waals surface area contributed by atoms with Crippen LogP contribution in [0.5, 0.6) is 0 Å². The molecule has 1 aliphatic carbocycles. The largest absolute Gasteiger partial charge is 0.244 e. The fourth-order valence-electron chi connectivity index (χ4n) is 2.02. The maximum atomic E-state index is 12.5. The van der Waals surface area contributed by atoms with E-state index in [4.69, 9.17) is 11.6 Å². The maximum absolute atomic E-state index is 12.5. The first-order chi connectivity index (χ1) is 7.98. The molecule has 0 amide bonds. The number of rotatable bonds is 4. The fourth-order valence-corrected chi connectivity index (χ4v) is 5.44. The highest BCUT2D eigenvalue weighted by atomic mass is 35.5. The molecule has 2 rings (SSSR count). The van der Waals surface area contributed by atoms with Crippen LogP contribution in [-0.4, -0.2) is 25.8 Å². The molecular formula is C11H16ClNO2S2. The summed E-state index contributed by atoms with van der Waals surface area (Å²) in [7, 11) is -1.69. The molecule has 0 unspecified atom stereocenters. The molecule has 0 spiro atoms. The van der Waals surface area contributed by atoms with Crippen LogP contribution in [0.4, 0.5) is 0 Å². The van der Waals surface area contributed by atoms with Crippen LogP contribution in [0.2, 0.25) is 0 Å². The molecule has 1 heterocycles. The lowest BCUT2D eigenvalue weighted by Crippen LogP contribution is -2.41. The number of hydrogen-bond donors (Lipinski definition) is 0. The predicted molar refractivity (Wildman–Crippen MR) is 71.2 cm³/mol. The van der Waals surface area contributed by atoms with Gasteiger partial charge in [0.05, 0.1) is 5.88 Å². The van der Waals surface area contributed by atoms with E-state index in [0.717, 1.165) is 29.7 Å². The normalized spacial score (nSPS) is 17.4. The van der Waals surface area contributed by atoms with E-state index >= 15 is 0 Å². The van der Waals surface area contributed by atoms with Gasteiger partial charge in [0.1, 0.15) is 4.90 Å². The van der Waals surface area contributed by atoms with Crippen molar-refractivity contribution in [1.82, 2.24) is 4.31 Å². The lowest BCUT2D eigenvalue weighted by atomic mass is 9.94. The Hall–Kier alpha value is -0.100. The molecule has 0 atom stereocenters. The summed E-state index contributed by atoms with van der Waals surface area (Å²) in [5.74, 6) is 0.256. The van der Waals surface area contributed by atoms with Gasteiger partial charge in [0.15, 0.2) is 0 Å². The zero-order valence-corrected chi connectivity index (χ0v) is 12.3. The highest BCUT2D eigenvalue weighted by Crippen LogP contribution is 2.34. The first-order valence-corrected chi connectivity index (χ1v) is 8.45. The number of thiophene rings is 1. The molecule has 0 N–H and O–H groups in total.